The molecule has 0 aromatic heterocycles. The zero-order valence-electron chi connectivity index (χ0n) is 6.46. The fraction of sp³-hybridized carbons (Fsp3) is 0.250. The van der Waals surface area contributed by atoms with E-state index in [0.29, 0.717) is 18.9 Å². The summed E-state index contributed by atoms with van der Waals surface area (Å²) in [4.78, 5) is 0. The lowest BCUT2D eigenvalue weighted by atomic mass is 10.3. The average Bonchev–Trinajstić information content (AvgIpc) is 2.08. The molecule has 0 saturated heterocycles. The van der Waals surface area contributed by atoms with Crippen molar-refractivity contribution in [2.45, 2.75) is 0 Å². The fourth-order valence-corrected chi connectivity index (χ4v) is 0.947. The molecule has 1 aromatic carbocycles. The summed E-state index contributed by atoms with van der Waals surface area (Å²) < 4.78 is 5.11. The summed E-state index contributed by atoms with van der Waals surface area (Å²) in [5.74, 6) is 0.334. The van der Waals surface area contributed by atoms with Gasteiger partial charge in [0.05, 0.1) is 5.02 Å². The van der Waals surface area contributed by atoms with Gasteiger partial charge in [0.1, 0.15) is 6.61 Å². The lowest BCUT2D eigenvalue weighted by molar-refractivity contribution is 0.308. The minimum Gasteiger partial charge on any atom is -0.503 e. The highest BCUT2D eigenvalue weighted by Crippen LogP contribution is 2.32. The van der Waals surface area contributed by atoms with Crippen molar-refractivity contribution in [1.82, 2.24) is 0 Å². The first-order chi connectivity index (χ1) is 5.75. The summed E-state index contributed by atoms with van der Waals surface area (Å²) in [7, 11) is 0. The molecule has 0 amide bonds. The Morgan fingerprint density at radius 1 is 1.50 bits per heavy atom. The molecular formula is C8H10ClNO2. The second kappa shape index (κ2) is 4.18. The first-order valence-electron chi connectivity index (χ1n) is 3.56. The predicted molar refractivity (Wildman–Crippen MR) is 47.7 cm³/mol. The second-order valence-electron chi connectivity index (χ2n) is 2.22. The van der Waals surface area contributed by atoms with E-state index in [9.17, 15) is 5.11 Å². The molecule has 12 heavy (non-hydrogen) atoms. The molecule has 66 valence electrons. The maximum atomic E-state index is 9.33. The molecule has 1 rings (SSSR count). The first kappa shape index (κ1) is 9.16. The van der Waals surface area contributed by atoms with Crippen LogP contribution in [0.5, 0.6) is 11.5 Å². The highest BCUT2D eigenvalue weighted by molar-refractivity contribution is 6.32. The van der Waals surface area contributed by atoms with Crippen LogP contribution in [0.3, 0.4) is 0 Å². The van der Waals surface area contributed by atoms with Gasteiger partial charge in [-0.25, -0.2) is 0 Å². The van der Waals surface area contributed by atoms with Crippen molar-refractivity contribution in [3.8, 4) is 11.5 Å². The summed E-state index contributed by atoms with van der Waals surface area (Å²) in [5, 5.41) is 9.61. The topological polar surface area (TPSA) is 55.5 Å². The maximum absolute atomic E-state index is 9.33. The molecule has 0 fully saturated rings. The highest BCUT2D eigenvalue weighted by Gasteiger charge is 2.04. The van der Waals surface area contributed by atoms with Crippen molar-refractivity contribution in [3.05, 3.63) is 23.2 Å². The van der Waals surface area contributed by atoms with Gasteiger partial charge in [-0.05, 0) is 12.1 Å². The van der Waals surface area contributed by atoms with Gasteiger partial charge in [-0.2, -0.15) is 0 Å². The van der Waals surface area contributed by atoms with Crippen molar-refractivity contribution in [3.63, 3.8) is 0 Å². The standard InChI is InChI=1S/C8H10ClNO2/c9-6-2-1-3-7(8(6)11)12-5-4-10/h1-3,11H,4-5,10H2. The van der Waals surface area contributed by atoms with E-state index in [0.717, 1.165) is 0 Å². The molecule has 0 aliphatic carbocycles. The van der Waals surface area contributed by atoms with E-state index in [1.54, 1.807) is 18.2 Å². The molecule has 1 aromatic rings. The molecule has 0 aliphatic rings. The third-order valence-electron chi connectivity index (χ3n) is 1.33. The average molecular weight is 188 g/mol. The van der Waals surface area contributed by atoms with E-state index >= 15 is 0 Å². The Balaban J connectivity index is 2.78. The number of aromatic hydroxyl groups is 1. The fourth-order valence-electron chi connectivity index (χ4n) is 0.781. The van der Waals surface area contributed by atoms with E-state index in [-0.39, 0.29) is 10.8 Å². The van der Waals surface area contributed by atoms with Crippen LogP contribution in [0, 0.1) is 0 Å². The zero-order valence-corrected chi connectivity index (χ0v) is 7.21. The number of rotatable bonds is 3. The van der Waals surface area contributed by atoms with Crippen LogP contribution < -0.4 is 10.5 Å². The Bertz CT molecular complexity index is 265. The number of nitrogens with two attached hydrogens (primary N) is 1. The largest absolute Gasteiger partial charge is 0.503 e. The molecule has 3 N–H and O–H groups in total. The van der Waals surface area contributed by atoms with Crippen LogP contribution in [-0.4, -0.2) is 18.3 Å². The van der Waals surface area contributed by atoms with Gasteiger partial charge in [0.15, 0.2) is 11.5 Å². The Labute approximate surface area is 75.7 Å². The number of para-hydroxylation sites is 1. The molecule has 3 nitrogen and oxygen atoms in total. The Kier molecular flexibility index (Phi) is 3.19. The van der Waals surface area contributed by atoms with Crippen molar-refractivity contribution >= 4 is 11.6 Å². The summed E-state index contributed by atoms with van der Waals surface area (Å²) in [6.45, 7) is 0.778. The second-order valence-corrected chi connectivity index (χ2v) is 2.63. The Morgan fingerprint density at radius 2 is 2.25 bits per heavy atom. The minimum atomic E-state index is -0.0346. The van der Waals surface area contributed by atoms with Crippen LogP contribution in [0.15, 0.2) is 18.2 Å². The summed E-state index contributed by atoms with van der Waals surface area (Å²) in [6, 6.07) is 4.93. The van der Waals surface area contributed by atoms with Crippen molar-refractivity contribution in [1.29, 1.82) is 0 Å². The van der Waals surface area contributed by atoms with Gasteiger partial charge >= 0.3 is 0 Å². The number of ether oxygens (including phenoxy) is 1. The molecule has 0 radical (unpaired) electrons. The molecule has 0 unspecified atom stereocenters. The van der Waals surface area contributed by atoms with Crippen LogP contribution in [0.1, 0.15) is 0 Å². The molecule has 4 heteroatoms. The minimum absolute atomic E-state index is 0.0346. The highest BCUT2D eigenvalue weighted by atomic mass is 35.5. The predicted octanol–water partition coefficient (Wildman–Crippen LogP) is 1.38. The van der Waals surface area contributed by atoms with E-state index in [1.807, 2.05) is 0 Å². The van der Waals surface area contributed by atoms with Crippen LogP contribution in [0.4, 0.5) is 0 Å². The van der Waals surface area contributed by atoms with E-state index in [1.165, 1.54) is 0 Å². The van der Waals surface area contributed by atoms with Crippen LogP contribution in [0.2, 0.25) is 5.02 Å². The van der Waals surface area contributed by atoms with E-state index in [4.69, 9.17) is 22.1 Å². The van der Waals surface area contributed by atoms with Gasteiger partial charge in [0.2, 0.25) is 0 Å². The lowest BCUT2D eigenvalue weighted by Crippen LogP contribution is -2.10. The molecule has 0 saturated carbocycles. The van der Waals surface area contributed by atoms with Crippen LogP contribution in [-0.2, 0) is 0 Å². The van der Waals surface area contributed by atoms with Gasteiger partial charge in [-0.15, -0.1) is 0 Å². The molecule has 0 spiro atoms. The lowest BCUT2D eigenvalue weighted by Gasteiger charge is -2.06. The zero-order chi connectivity index (χ0) is 8.97. The van der Waals surface area contributed by atoms with Crippen LogP contribution in [0.25, 0.3) is 0 Å². The Morgan fingerprint density at radius 3 is 2.92 bits per heavy atom. The molecule has 0 heterocycles. The maximum Gasteiger partial charge on any atom is 0.176 e. The molecule has 0 aliphatic heterocycles. The number of halogens is 1. The van der Waals surface area contributed by atoms with Crippen molar-refractivity contribution < 1.29 is 9.84 Å². The SMILES string of the molecule is NCCOc1cccc(Cl)c1O. The van der Waals surface area contributed by atoms with Crippen LogP contribution >= 0.6 is 11.6 Å². The van der Waals surface area contributed by atoms with E-state index in [2.05, 4.69) is 0 Å². The number of benzene rings is 1. The molecule has 0 atom stereocenters. The number of hydrogen-bond donors (Lipinski definition) is 2. The summed E-state index contributed by atoms with van der Waals surface area (Å²) >= 11 is 5.63. The first-order valence-corrected chi connectivity index (χ1v) is 3.94. The third-order valence-corrected chi connectivity index (χ3v) is 1.63. The normalized spacial score (nSPS) is 9.83. The number of phenolic OH excluding ortho intramolecular Hbond substituents is 1. The smallest absolute Gasteiger partial charge is 0.176 e. The van der Waals surface area contributed by atoms with Gasteiger partial charge < -0.3 is 15.6 Å². The van der Waals surface area contributed by atoms with Gasteiger partial charge in [-0.3, -0.25) is 0 Å². The molecular weight excluding hydrogens is 178 g/mol. The van der Waals surface area contributed by atoms with E-state index < -0.39 is 0 Å². The van der Waals surface area contributed by atoms with Gasteiger partial charge in [-0.1, -0.05) is 17.7 Å². The number of hydrogen-bond acceptors (Lipinski definition) is 3. The van der Waals surface area contributed by atoms with Gasteiger partial charge in [0.25, 0.3) is 0 Å². The third kappa shape index (κ3) is 2.03. The van der Waals surface area contributed by atoms with Crippen molar-refractivity contribution in [2.24, 2.45) is 5.73 Å². The monoisotopic (exact) mass is 187 g/mol. The summed E-state index contributed by atoms with van der Waals surface area (Å²) in [5.41, 5.74) is 5.22. The van der Waals surface area contributed by atoms with Crippen molar-refractivity contribution in [2.75, 3.05) is 13.2 Å². The quantitative estimate of drug-likeness (QED) is 0.752. The number of phenols is 1. The Hall–Kier alpha value is -0.930. The van der Waals surface area contributed by atoms with Gasteiger partial charge in [0, 0.05) is 6.54 Å². The molecule has 0 bridgehead atoms. The summed E-state index contributed by atoms with van der Waals surface area (Å²) in [6.07, 6.45) is 0.